The van der Waals surface area contributed by atoms with Gasteiger partial charge in [0.1, 0.15) is 12.2 Å². The van der Waals surface area contributed by atoms with Gasteiger partial charge in [0.25, 0.3) is 0 Å². The van der Waals surface area contributed by atoms with E-state index < -0.39 is 24.3 Å². The van der Waals surface area contributed by atoms with Gasteiger partial charge in [-0.15, -0.1) is 0 Å². The number of carbonyl (C=O) groups excluding carboxylic acids is 1. The highest BCUT2D eigenvalue weighted by molar-refractivity contribution is 5.77. The fourth-order valence-corrected chi connectivity index (χ4v) is 4.34. The zero-order valence-electron chi connectivity index (χ0n) is 21.8. The van der Waals surface area contributed by atoms with E-state index in [0.29, 0.717) is 50.4 Å². The van der Waals surface area contributed by atoms with Gasteiger partial charge in [0.05, 0.1) is 12.2 Å². The molecular weight excluding hydrogens is 464 g/mol. The average Bonchev–Trinajstić information content (AvgIpc) is 2.84. The van der Waals surface area contributed by atoms with Gasteiger partial charge < -0.3 is 41.2 Å². The Morgan fingerprint density at radius 3 is 2.61 bits per heavy atom. The van der Waals surface area contributed by atoms with Crippen molar-refractivity contribution in [1.82, 2.24) is 10.6 Å². The van der Waals surface area contributed by atoms with Crippen molar-refractivity contribution >= 4 is 11.9 Å². The number of nitrogens with zero attached hydrogens (tertiary/aromatic N) is 1. The molecule has 0 aliphatic carbocycles. The van der Waals surface area contributed by atoms with Gasteiger partial charge in [0, 0.05) is 32.9 Å². The molecule has 1 fully saturated rings. The van der Waals surface area contributed by atoms with Crippen LogP contribution in [-0.2, 0) is 16.0 Å². The van der Waals surface area contributed by atoms with Crippen molar-refractivity contribution in [3.05, 3.63) is 23.8 Å². The molecule has 0 radical (unpaired) electrons. The Labute approximate surface area is 214 Å². The number of rotatable bonds is 14. The van der Waals surface area contributed by atoms with E-state index in [2.05, 4.69) is 15.6 Å². The van der Waals surface area contributed by atoms with Gasteiger partial charge in [0.2, 0.25) is 0 Å². The molecule has 1 aromatic carbocycles. The number of aliphatic imine (C=N–C) groups is 1. The third kappa shape index (κ3) is 11.0. The Kier molecular flexibility index (Phi) is 12.8. The van der Waals surface area contributed by atoms with Crippen LogP contribution < -0.4 is 21.1 Å². The zero-order chi connectivity index (χ0) is 26.5. The number of nitrogens with one attached hydrogen (secondary N) is 2. The Morgan fingerprint density at radius 1 is 1.25 bits per heavy atom. The Balaban J connectivity index is 1.90. The maximum Gasteiger partial charge on any atom is 0.302 e. The number of hydrogen-bond acceptors (Lipinski definition) is 8. The maximum absolute atomic E-state index is 11.7. The highest BCUT2D eigenvalue weighted by Crippen LogP contribution is 2.30. The van der Waals surface area contributed by atoms with Crippen LogP contribution in [0, 0.1) is 5.92 Å². The third-order valence-corrected chi connectivity index (χ3v) is 6.57. The van der Waals surface area contributed by atoms with Crippen LogP contribution in [0.25, 0.3) is 0 Å². The van der Waals surface area contributed by atoms with Crippen molar-refractivity contribution in [3.8, 4) is 11.5 Å². The van der Waals surface area contributed by atoms with E-state index in [4.69, 9.17) is 15.2 Å². The number of carbonyl (C=O) groups is 1. The minimum atomic E-state index is -0.689. The lowest BCUT2D eigenvalue weighted by Gasteiger charge is -2.25. The first-order valence-electron chi connectivity index (χ1n) is 12.9. The van der Waals surface area contributed by atoms with Gasteiger partial charge in [0.15, 0.2) is 17.5 Å². The number of guanidine groups is 1. The van der Waals surface area contributed by atoms with Gasteiger partial charge in [-0.05, 0) is 76.2 Å². The lowest BCUT2D eigenvalue weighted by atomic mass is 9.93. The van der Waals surface area contributed by atoms with Crippen LogP contribution in [0.5, 0.6) is 11.5 Å². The van der Waals surface area contributed by atoms with Crippen molar-refractivity contribution in [1.29, 1.82) is 0 Å². The SMILES string of the molecule is CN=C(N)NC[C@H](CC[C@H](O)C[C@@H](CCc1ccc(O)c(OC2CCNCC2)c1)OC(C)=O)[C@H](C)O. The summed E-state index contributed by atoms with van der Waals surface area (Å²) in [5, 5.41) is 37.2. The topological polar surface area (TPSA) is 159 Å². The van der Waals surface area contributed by atoms with Gasteiger partial charge >= 0.3 is 5.97 Å². The van der Waals surface area contributed by atoms with Gasteiger partial charge in [-0.2, -0.15) is 0 Å². The molecule has 0 spiro atoms. The average molecular weight is 509 g/mol. The van der Waals surface area contributed by atoms with Crippen molar-refractivity contribution in [2.75, 3.05) is 26.7 Å². The standard InChI is InChI=1S/C26H44N4O6/c1-17(31)20(16-30-26(27)28-3)6-7-21(33)15-23(35-18(2)32)8-4-19-5-9-24(34)25(14-19)36-22-10-12-29-13-11-22/h5,9,14,17,20-23,29,31,33-34H,4,6-8,10-13,15-16H2,1-3H3,(H3,27,28,30)/t17-,20-,21-,23+/m0/s1. The van der Waals surface area contributed by atoms with E-state index in [9.17, 15) is 20.1 Å². The number of phenols is 1. The number of ether oxygens (including phenoxy) is 2. The second kappa shape index (κ2) is 15.5. The second-order valence-electron chi connectivity index (χ2n) is 9.60. The zero-order valence-corrected chi connectivity index (χ0v) is 21.8. The molecule has 7 N–H and O–H groups in total. The van der Waals surface area contributed by atoms with Crippen LogP contribution in [-0.4, -0.2) is 78.3 Å². The summed E-state index contributed by atoms with van der Waals surface area (Å²) in [4.78, 5) is 15.5. The van der Waals surface area contributed by atoms with Crippen molar-refractivity contribution < 1.29 is 29.6 Å². The lowest BCUT2D eigenvalue weighted by molar-refractivity contribution is -0.148. The fourth-order valence-electron chi connectivity index (χ4n) is 4.34. The largest absolute Gasteiger partial charge is 0.504 e. The number of aliphatic hydroxyl groups is 2. The summed E-state index contributed by atoms with van der Waals surface area (Å²) in [7, 11) is 1.58. The summed E-state index contributed by atoms with van der Waals surface area (Å²) >= 11 is 0. The van der Waals surface area contributed by atoms with Crippen LogP contribution in [0.3, 0.4) is 0 Å². The summed E-state index contributed by atoms with van der Waals surface area (Å²) in [6, 6.07) is 5.29. The summed E-state index contributed by atoms with van der Waals surface area (Å²) in [6.45, 7) is 5.31. The molecule has 0 saturated carbocycles. The van der Waals surface area contributed by atoms with E-state index in [1.807, 2.05) is 12.1 Å². The Morgan fingerprint density at radius 2 is 1.97 bits per heavy atom. The van der Waals surface area contributed by atoms with Crippen molar-refractivity contribution in [3.63, 3.8) is 0 Å². The van der Waals surface area contributed by atoms with Crippen molar-refractivity contribution in [2.24, 2.45) is 16.6 Å². The quantitative estimate of drug-likeness (QED) is 0.124. The summed E-state index contributed by atoms with van der Waals surface area (Å²) in [5.41, 5.74) is 6.63. The number of phenolic OH excluding ortho intramolecular Hbond substituents is 1. The fraction of sp³-hybridized carbons (Fsp3) is 0.692. The number of benzene rings is 1. The van der Waals surface area contributed by atoms with Crippen LogP contribution in [0.15, 0.2) is 23.2 Å². The molecule has 10 heteroatoms. The molecule has 1 saturated heterocycles. The number of hydrogen-bond donors (Lipinski definition) is 6. The summed E-state index contributed by atoms with van der Waals surface area (Å²) < 4.78 is 11.5. The number of aromatic hydroxyl groups is 1. The summed E-state index contributed by atoms with van der Waals surface area (Å²) in [6.07, 6.45) is 2.59. The molecule has 1 aliphatic rings. The molecule has 1 aromatic rings. The Hall–Kier alpha value is -2.56. The molecule has 1 heterocycles. The first-order chi connectivity index (χ1) is 17.2. The van der Waals surface area contributed by atoms with Crippen LogP contribution in [0.2, 0.25) is 0 Å². The van der Waals surface area contributed by atoms with Crippen LogP contribution in [0.1, 0.15) is 57.9 Å². The van der Waals surface area contributed by atoms with E-state index >= 15 is 0 Å². The second-order valence-corrected chi connectivity index (χ2v) is 9.60. The first kappa shape index (κ1) is 29.7. The molecule has 204 valence electrons. The molecule has 10 nitrogen and oxygen atoms in total. The number of aryl methyl sites for hydroxylation is 1. The van der Waals surface area contributed by atoms with Crippen molar-refractivity contribution in [2.45, 2.75) is 83.2 Å². The summed E-state index contributed by atoms with van der Waals surface area (Å²) in [5.74, 6) is 0.374. The molecule has 4 atom stereocenters. The number of esters is 1. The van der Waals surface area contributed by atoms with E-state index in [1.54, 1.807) is 20.0 Å². The Bertz CT molecular complexity index is 829. The number of nitrogens with two attached hydrogens (primary N) is 1. The van der Waals surface area contributed by atoms with Gasteiger partial charge in [-0.3, -0.25) is 9.79 Å². The maximum atomic E-state index is 11.7. The van der Waals surface area contributed by atoms with Crippen LogP contribution >= 0.6 is 0 Å². The molecule has 2 rings (SSSR count). The van der Waals surface area contributed by atoms with Gasteiger partial charge in [-0.1, -0.05) is 6.07 Å². The van der Waals surface area contributed by atoms with E-state index in [-0.39, 0.29) is 17.8 Å². The third-order valence-electron chi connectivity index (χ3n) is 6.57. The normalized spacial score (nSPS) is 18.2. The van der Waals surface area contributed by atoms with Gasteiger partial charge in [-0.25, -0.2) is 0 Å². The first-order valence-corrected chi connectivity index (χ1v) is 12.9. The van der Waals surface area contributed by atoms with Crippen LogP contribution in [0.4, 0.5) is 0 Å². The molecule has 36 heavy (non-hydrogen) atoms. The predicted molar refractivity (Wildman–Crippen MR) is 139 cm³/mol. The minimum Gasteiger partial charge on any atom is -0.504 e. The molecule has 0 aromatic heterocycles. The predicted octanol–water partition coefficient (Wildman–Crippen LogP) is 1.45. The number of piperidine rings is 1. The molecular formula is C26H44N4O6. The minimum absolute atomic E-state index is 0.0719. The molecule has 0 amide bonds. The highest BCUT2D eigenvalue weighted by Gasteiger charge is 2.22. The molecule has 0 unspecified atom stereocenters. The van der Waals surface area contributed by atoms with E-state index in [0.717, 1.165) is 31.5 Å². The monoisotopic (exact) mass is 508 g/mol. The molecule has 1 aliphatic heterocycles. The highest BCUT2D eigenvalue weighted by atomic mass is 16.5. The number of aliphatic hydroxyl groups excluding tert-OH is 2. The molecule has 0 bridgehead atoms. The smallest absolute Gasteiger partial charge is 0.302 e. The lowest BCUT2D eigenvalue weighted by Crippen LogP contribution is -2.38. The van der Waals surface area contributed by atoms with E-state index in [1.165, 1.54) is 6.92 Å².